The second kappa shape index (κ2) is 6.34. The monoisotopic (exact) mass is 286 g/mol. The fourth-order valence-corrected chi connectivity index (χ4v) is 2.49. The molecule has 0 bridgehead atoms. The number of halogens is 2. The maximum atomic E-state index is 12.4. The molecule has 1 unspecified atom stereocenters. The van der Waals surface area contributed by atoms with E-state index < -0.39 is 5.76 Å². The number of nitrogens with one attached hydrogen (secondary N) is 1. The summed E-state index contributed by atoms with van der Waals surface area (Å²) in [6.07, 6.45) is 2.21. The fourth-order valence-electron chi connectivity index (χ4n) is 1.85. The molecule has 0 heterocycles. The van der Waals surface area contributed by atoms with Crippen molar-refractivity contribution in [2.75, 3.05) is 6.54 Å². The van der Waals surface area contributed by atoms with Crippen LogP contribution in [0, 0.1) is 5.92 Å². The van der Waals surface area contributed by atoms with Gasteiger partial charge < -0.3 is 11.1 Å². The number of alkyl halides is 2. The summed E-state index contributed by atoms with van der Waals surface area (Å²) in [6.45, 7) is 0.386. The first-order chi connectivity index (χ1) is 9.08. The second-order valence-electron chi connectivity index (χ2n) is 4.59. The van der Waals surface area contributed by atoms with E-state index in [1.54, 1.807) is 18.2 Å². The first kappa shape index (κ1) is 14.3. The molecule has 6 heteroatoms. The van der Waals surface area contributed by atoms with Gasteiger partial charge in [0.25, 0.3) is 11.7 Å². The van der Waals surface area contributed by atoms with Crippen molar-refractivity contribution in [3.05, 3.63) is 29.8 Å². The zero-order chi connectivity index (χ0) is 13.8. The molecular formula is C13H16F2N2OS. The van der Waals surface area contributed by atoms with Crippen molar-refractivity contribution in [2.24, 2.45) is 11.7 Å². The lowest BCUT2D eigenvalue weighted by Crippen LogP contribution is -2.38. The Bertz CT molecular complexity index is 452. The molecule has 1 aliphatic carbocycles. The van der Waals surface area contributed by atoms with Crippen molar-refractivity contribution in [3.63, 3.8) is 0 Å². The molecule has 1 amide bonds. The molecular weight excluding hydrogens is 270 g/mol. The van der Waals surface area contributed by atoms with Crippen molar-refractivity contribution in [3.8, 4) is 0 Å². The van der Waals surface area contributed by atoms with E-state index in [9.17, 15) is 13.6 Å². The van der Waals surface area contributed by atoms with E-state index in [2.05, 4.69) is 5.32 Å². The number of carbonyl (C=O) groups is 1. The third kappa shape index (κ3) is 4.18. The molecule has 1 fully saturated rings. The zero-order valence-electron chi connectivity index (χ0n) is 10.3. The number of hydrogen-bond donors (Lipinski definition) is 2. The first-order valence-electron chi connectivity index (χ1n) is 6.15. The third-order valence-corrected chi connectivity index (χ3v) is 3.86. The van der Waals surface area contributed by atoms with Crippen LogP contribution in [0.25, 0.3) is 0 Å². The fraction of sp³-hybridized carbons (Fsp3) is 0.462. The summed E-state index contributed by atoms with van der Waals surface area (Å²) in [4.78, 5) is 12.3. The first-order valence-corrected chi connectivity index (χ1v) is 7.03. The van der Waals surface area contributed by atoms with Crippen molar-refractivity contribution in [1.29, 1.82) is 0 Å². The summed E-state index contributed by atoms with van der Waals surface area (Å²) in [5.74, 6) is -2.39. The Kier molecular flexibility index (Phi) is 4.76. The van der Waals surface area contributed by atoms with E-state index in [0.29, 0.717) is 24.2 Å². The summed E-state index contributed by atoms with van der Waals surface area (Å²) in [6, 6.07) is 6.32. The Balaban J connectivity index is 1.97. The highest BCUT2D eigenvalue weighted by Crippen LogP contribution is 2.31. The molecule has 0 aromatic heterocycles. The van der Waals surface area contributed by atoms with Crippen LogP contribution in [0.4, 0.5) is 8.78 Å². The Morgan fingerprint density at radius 3 is 2.74 bits per heavy atom. The average Bonchev–Trinajstić information content (AvgIpc) is 3.19. The minimum Gasteiger partial charge on any atom is -0.350 e. The number of amides is 1. The maximum absolute atomic E-state index is 12.4. The molecule has 1 aromatic carbocycles. The molecule has 3 N–H and O–H groups in total. The Labute approximate surface area is 114 Å². The molecule has 3 nitrogen and oxygen atoms in total. The molecule has 1 saturated carbocycles. The number of nitrogens with two attached hydrogens (primary N) is 1. The molecule has 1 aromatic rings. The van der Waals surface area contributed by atoms with E-state index >= 15 is 0 Å². The third-order valence-electron chi connectivity index (χ3n) is 3.07. The molecule has 1 aliphatic rings. The van der Waals surface area contributed by atoms with Gasteiger partial charge in [0.1, 0.15) is 0 Å². The second-order valence-corrected chi connectivity index (χ2v) is 5.62. The van der Waals surface area contributed by atoms with E-state index in [-0.39, 0.29) is 22.4 Å². The van der Waals surface area contributed by atoms with Gasteiger partial charge in [-0.15, -0.1) is 0 Å². The van der Waals surface area contributed by atoms with Gasteiger partial charge in [0.15, 0.2) is 0 Å². The van der Waals surface area contributed by atoms with Gasteiger partial charge >= 0.3 is 0 Å². The summed E-state index contributed by atoms with van der Waals surface area (Å²) in [5.41, 5.74) is 6.16. The Morgan fingerprint density at radius 1 is 1.42 bits per heavy atom. The van der Waals surface area contributed by atoms with Crippen molar-refractivity contribution in [1.82, 2.24) is 5.32 Å². The number of carbonyl (C=O) groups excluding carboxylic acids is 1. The molecule has 0 saturated heterocycles. The van der Waals surface area contributed by atoms with Gasteiger partial charge in [-0.1, -0.05) is 23.9 Å². The van der Waals surface area contributed by atoms with Gasteiger partial charge in [-0.3, -0.25) is 4.79 Å². The highest BCUT2D eigenvalue weighted by molar-refractivity contribution is 7.99. The molecule has 0 radical (unpaired) electrons. The van der Waals surface area contributed by atoms with Crippen LogP contribution in [0.1, 0.15) is 23.2 Å². The lowest BCUT2D eigenvalue weighted by Gasteiger charge is -2.13. The quantitative estimate of drug-likeness (QED) is 0.790. The molecule has 0 aliphatic heterocycles. The molecule has 19 heavy (non-hydrogen) atoms. The SMILES string of the molecule is NC(CNC(=O)c1ccccc1SC(F)F)C1CC1. The van der Waals surface area contributed by atoms with Gasteiger partial charge in [0.05, 0.1) is 5.56 Å². The van der Waals surface area contributed by atoms with Gasteiger partial charge in [-0.05, 0) is 30.9 Å². The summed E-state index contributed by atoms with van der Waals surface area (Å²) in [7, 11) is 0. The van der Waals surface area contributed by atoms with Crippen molar-refractivity contribution >= 4 is 17.7 Å². The average molecular weight is 286 g/mol. The summed E-state index contributed by atoms with van der Waals surface area (Å²) < 4.78 is 24.8. The topological polar surface area (TPSA) is 55.1 Å². The minimum atomic E-state index is -2.54. The zero-order valence-corrected chi connectivity index (χ0v) is 11.1. The van der Waals surface area contributed by atoms with Crippen LogP contribution < -0.4 is 11.1 Å². The minimum absolute atomic E-state index is 0.0427. The van der Waals surface area contributed by atoms with Crippen LogP contribution >= 0.6 is 11.8 Å². The molecule has 0 spiro atoms. The van der Waals surface area contributed by atoms with E-state index in [4.69, 9.17) is 5.73 Å². The maximum Gasteiger partial charge on any atom is 0.288 e. The Morgan fingerprint density at radius 2 is 2.11 bits per heavy atom. The van der Waals surface area contributed by atoms with Gasteiger partial charge in [0, 0.05) is 17.5 Å². The largest absolute Gasteiger partial charge is 0.350 e. The molecule has 2 rings (SSSR count). The predicted octanol–water partition coefficient (Wildman–Crippen LogP) is 2.47. The van der Waals surface area contributed by atoms with Crippen LogP contribution in [0.15, 0.2) is 29.2 Å². The van der Waals surface area contributed by atoms with Gasteiger partial charge in [-0.25, -0.2) is 0 Å². The van der Waals surface area contributed by atoms with Gasteiger partial charge in [-0.2, -0.15) is 8.78 Å². The molecule has 104 valence electrons. The smallest absolute Gasteiger partial charge is 0.288 e. The normalized spacial score (nSPS) is 16.4. The van der Waals surface area contributed by atoms with Crippen molar-refractivity contribution in [2.45, 2.75) is 29.5 Å². The van der Waals surface area contributed by atoms with Crippen LogP contribution in [0.5, 0.6) is 0 Å². The number of hydrogen-bond acceptors (Lipinski definition) is 3. The standard InChI is InChI=1S/C13H16F2N2OS/c14-13(15)19-11-4-2-1-3-9(11)12(18)17-7-10(16)8-5-6-8/h1-4,8,10,13H,5-7,16H2,(H,17,18). The van der Waals surface area contributed by atoms with E-state index in [1.165, 1.54) is 6.07 Å². The van der Waals surface area contributed by atoms with Crippen molar-refractivity contribution < 1.29 is 13.6 Å². The van der Waals surface area contributed by atoms with Gasteiger partial charge in [0.2, 0.25) is 0 Å². The van der Waals surface area contributed by atoms with E-state index in [1.807, 2.05) is 0 Å². The number of thioether (sulfide) groups is 1. The van der Waals surface area contributed by atoms with Crippen LogP contribution in [-0.4, -0.2) is 24.3 Å². The number of rotatable bonds is 6. The van der Waals surface area contributed by atoms with E-state index in [0.717, 1.165) is 12.8 Å². The lowest BCUT2D eigenvalue weighted by atomic mass is 10.2. The summed E-state index contributed by atoms with van der Waals surface area (Å²) in [5, 5.41) is 2.71. The Hall–Kier alpha value is -1.14. The highest BCUT2D eigenvalue weighted by Gasteiger charge is 2.28. The van der Waals surface area contributed by atoms with Crippen LogP contribution in [-0.2, 0) is 0 Å². The van der Waals surface area contributed by atoms with Crippen LogP contribution in [0.2, 0.25) is 0 Å². The number of benzene rings is 1. The predicted molar refractivity (Wildman–Crippen MR) is 71.3 cm³/mol. The van der Waals surface area contributed by atoms with Crippen LogP contribution in [0.3, 0.4) is 0 Å². The lowest BCUT2D eigenvalue weighted by molar-refractivity contribution is 0.0947. The highest BCUT2D eigenvalue weighted by atomic mass is 32.2. The molecule has 1 atom stereocenters. The summed E-state index contributed by atoms with van der Waals surface area (Å²) >= 11 is 0.381.